The van der Waals surface area contributed by atoms with E-state index in [0.29, 0.717) is 0 Å². The number of aryl methyl sites for hydroxylation is 1. The predicted octanol–water partition coefficient (Wildman–Crippen LogP) is 7.53. The van der Waals surface area contributed by atoms with Gasteiger partial charge in [-0.25, -0.2) is 9.97 Å². The Labute approximate surface area is 204 Å². The second kappa shape index (κ2) is 9.59. The molecule has 5 heterocycles. The van der Waals surface area contributed by atoms with Crippen LogP contribution in [0.2, 0.25) is 0 Å². The first-order valence-electron chi connectivity index (χ1n) is 10.9. The van der Waals surface area contributed by atoms with Crippen LogP contribution in [0.5, 0.6) is 0 Å². The lowest BCUT2D eigenvalue weighted by atomic mass is 10.1. The monoisotopic (exact) mass is 550 g/mol. The Balaban J connectivity index is 1.77. The molecule has 4 nitrogen and oxygen atoms in total. The molecule has 0 fully saturated rings. The highest BCUT2D eigenvalue weighted by atomic mass is 79.9. The van der Waals surface area contributed by atoms with Gasteiger partial charge in [0.25, 0.3) is 0 Å². The molecule has 6 heteroatoms. The topological polar surface area (TPSA) is 57.4 Å². The summed E-state index contributed by atoms with van der Waals surface area (Å²) in [6, 6.07) is 14.9. The van der Waals surface area contributed by atoms with E-state index < -0.39 is 0 Å². The number of aromatic amines is 2. The average Bonchev–Trinajstić information content (AvgIpc) is 3.55. The van der Waals surface area contributed by atoms with E-state index in [2.05, 4.69) is 103 Å². The second-order valence-electron chi connectivity index (χ2n) is 8.08. The summed E-state index contributed by atoms with van der Waals surface area (Å²) in [5, 5.41) is 1.97. The zero-order valence-electron chi connectivity index (χ0n) is 17.7. The molecule has 0 saturated carbocycles. The van der Waals surface area contributed by atoms with Gasteiger partial charge in [0.2, 0.25) is 0 Å². The number of fused-ring (bicyclic) bond motifs is 8. The first kappa shape index (κ1) is 21.4. The smallest absolute Gasteiger partial charge is 0.0690 e. The van der Waals surface area contributed by atoms with Crippen LogP contribution in [0.25, 0.3) is 45.9 Å². The molecule has 162 valence electrons. The third-order valence-corrected chi connectivity index (χ3v) is 6.74. The highest BCUT2D eigenvalue weighted by molar-refractivity contribution is 9.09. The number of aromatic nitrogens is 4. The van der Waals surface area contributed by atoms with Crippen LogP contribution in [-0.4, -0.2) is 30.6 Å². The number of hydrogen-bond donors (Lipinski definition) is 2. The van der Waals surface area contributed by atoms with E-state index in [9.17, 15) is 0 Å². The summed E-state index contributed by atoms with van der Waals surface area (Å²) in [6.45, 7) is 0. The van der Waals surface area contributed by atoms with Gasteiger partial charge in [-0.3, -0.25) is 0 Å². The van der Waals surface area contributed by atoms with Gasteiger partial charge in [0.15, 0.2) is 0 Å². The minimum Gasteiger partial charge on any atom is -0.355 e. The summed E-state index contributed by atoms with van der Waals surface area (Å²) in [7, 11) is 0. The highest BCUT2D eigenvalue weighted by Crippen LogP contribution is 2.28. The minimum atomic E-state index is 0.945. The molecule has 2 aliphatic rings. The predicted molar refractivity (Wildman–Crippen MR) is 143 cm³/mol. The maximum absolute atomic E-state index is 4.98. The number of allylic oxidation sites excluding steroid dienone is 1. The van der Waals surface area contributed by atoms with Gasteiger partial charge in [-0.05, 0) is 97.5 Å². The summed E-state index contributed by atoms with van der Waals surface area (Å²) in [5.41, 5.74) is 10.8. The highest BCUT2D eigenvalue weighted by Gasteiger charge is 2.11. The van der Waals surface area contributed by atoms with Crippen molar-refractivity contribution in [2.24, 2.45) is 0 Å². The number of rotatable bonds is 6. The normalized spacial score (nSPS) is 12.9. The van der Waals surface area contributed by atoms with Crippen LogP contribution in [0.3, 0.4) is 0 Å². The fourth-order valence-corrected chi connectivity index (χ4v) is 4.69. The van der Waals surface area contributed by atoms with Crippen molar-refractivity contribution < 1.29 is 0 Å². The molecular weight excluding hydrogens is 528 g/mol. The summed E-state index contributed by atoms with van der Waals surface area (Å²) in [5.74, 6) is 0. The van der Waals surface area contributed by atoms with Crippen molar-refractivity contribution in [3.63, 3.8) is 0 Å². The van der Waals surface area contributed by atoms with Crippen molar-refractivity contribution in [3.05, 3.63) is 70.8 Å². The molecule has 0 unspecified atom stereocenters. The van der Waals surface area contributed by atoms with Crippen LogP contribution in [0, 0.1) is 0 Å². The Morgan fingerprint density at radius 1 is 0.688 bits per heavy atom. The standard InChI is InChI=1S/C26H24Br2N4/c27-9-1-3-17-11-23-14-21-7-5-19(29-21)13-20-6-8-22(30-20)15-24-12-18(4-2-10-28)26(32-24)16-25(17)31-23/h5-8,11-16,29,32H,1-4,9-10H2. The van der Waals surface area contributed by atoms with Crippen LogP contribution < -0.4 is 0 Å². The van der Waals surface area contributed by atoms with Crippen molar-refractivity contribution in [1.82, 2.24) is 19.9 Å². The van der Waals surface area contributed by atoms with E-state index in [1.54, 1.807) is 0 Å². The Morgan fingerprint density at radius 2 is 1.38 bits per heavy atom. The molecule has 0 aliphatic carbocycles. The van der Waals surface area contributed by atoms with Gasteiger partial charge < -0.3 is 9.97 Å². The number of halogens is 2. The molecule has 0 radical (unpaired) electrons. The molecule has 3 aromatic rings. The molecule has 0 amide bonds. The largest absolute Gasteiger partial charge is 0.355 e. The zero-order valence-corrected chi connectivity index (χ0v) is 20.8. The third-order valence-electron chi connectivity index (χ3n) is 5.62. The Hall–Kier alpha value is -2.44. The number of alkyl halides is 2. The van der Waals surface area contributed by atoms with E-state index in [0.717, 1.165) is 81.2 Å². The van der Waals surface area contributed by atoms with E-state index in [1.165, 1.54) is 11.1 Å². The molecule has 8 bridgehead atoms. The van der Waals surface area contributed by atoms with Gasteiger partial charge in [-0.15, -0.1) is 0 Å². The quantitative estimate of drug-likeness (QED) is 0.243. The summed E-state index contributed by atoms with van der Waals surface area (Å²) >= 11 is 7.15. The summed E-state index contributed by atoms with van der Waals surface area (Å²) in [6.07, 6.45) is 10.5. The van der Waals surface area contributed by atoms with Crippen LogP contribution in [0.4, 0.5) is 0 Å². The van der Waals surface area contributed by atoms with Crippen molar-refractivity contribution in [2.45, 2.75) is 25.7 Å². The molecule has 0 aromatic carbocycles. The zero-order chi connectivity index (χ0) is 21.9. The van der Waals surface area contributed by atoms with Gasteiger partial charge in [0, 0.05) is 32.7 Å². The maximum atomic E-state index is 4.98. The minimum absolute atomic E-state index is 0.945. The van der Waals surface area contributed by atoms with Gasteiger partial charge in [-0.2, -0.15) is 0 Å². The lowest BCUT2D eigenvalue weighted by molar-refractivity contribution is 0.949. The summed E-state index contributed by atoms with van der Waals surface area (Å²) < 4.78 is 0. The number of nitrogens with zero attached hydrogens (tertiary/aromatic N) is 2. The first-order valence-corrected chi connectivity index (χ1v) is 13.2. The van der Waals surface area contributed by atoms with Crippen molar-refractivity contribution >= 4 is 77.7 Å². The van der Waals surface area contributed by atoms with Crippen LogP contribution in [0.15, 0.2) is 42.5 Å². The molecule has 0 spiro atoms. The van der Waals surface area contributed by atoms with Crippen LogP contribution >= 0.6 is 31.9 Å². The molecule has 3 aromatic heterocycles. The molecule has 2 N–H and O–H groups in total. The molecule has 5 rings (SSSR count). The lowest BCUT2D eigenvalue weighted by Gasteiger charge is -2.00. The fraction of sp³-hybridized carbons (Fsp3) is 0.231. The summed E-state index contributed by atoms with van der Waals surface area (Å²) in [4.78, 5) is 16.8. The molecular formula is C26H24Br2N4. The number of H-pyrrole nitrogens is 2. The molecule has 0 atom stereocenters. The van der Waals surface area contributed by atoms with E-state index in [4.69, 9.17) is 9.97 Å². The van der Waals surface area contributed by atoms with Crippen molar-refractivity contribution in [1.29, 1.82) is 0 Å². The SMILES string of the molecule is BrCCCC1=Cc2cc3ccc(cc4nc(cc5cc(CCCBr)c(cc1n2)[nH]5)C=C4)[nH]3. The maximum Gasteiger partial charge on any atom is 0.0690 e. The van der Waals surface area contributed by atoms with Gasteiger partial charge in [-0.1, -0.05) is 31.9 Å². The molecule has 0 saturated heterocycles. The van der Waals surface area contributed by atoms with Crippen molar-refractivity contribution in [2.75, 3.05) is 10.7 Å². The van der Waals surface area contributed by atoms with Gasteiger partial charge in [0.1, 0.15) is 0 Å². The van der Waals surface area contributed by atoms with Crippen LogP contribution in [0.1, 0.15) is 47.6 Å². The van der Waals surface area contributed by atoms with E-state index >= 15 is 0 Å². The average molecular weight is 552 g/mol. The Kier molecular flexibility index (Phi) is 6.42. The lowest BCUT2D eigenvalue weighted by Crippen LogP contribution is -1.86. The number of hydrogen-bond acceptors (Lipinski definition) is 2. The number of nitrogens with one attached hydrogen (secondary N) is 2. The molecule has 2 aliphatic heterocycles. The van der Waals surface area contributed by atoms with Gasteiger partial charge >= 0.3 is 0 Å². The second-order valence-corrected chi connectivity index (χ2v) is 9.67. The van der Waals surface area contributed by atoms with E-state index in [1.807, 2.05) is 0 Å². The fourth-order valence-electron chi connectivity index (χ4n) is 4.13. The molecule has 32 heavy (non-hydrogen) atoms. The third kappa shape index (κ3) is 4.81. The Bertz CT molecular complexity index is 1360. The van der Waals surface area contributed by atoms with Crippen LogP contribution in [-0.2, 0) is 6.42 Å². The first-order chi connectivity index (χ1) is 15.7. The Morgan fingerprint density at radius 3 is 2.12 bits per heavy atom. The van der Waals surface area contributed by atoms with E-state index in [-0.39, 0.29) is 0 Å². The van der Waals surface area contributed by atoms with Crippen molar-refractivity contribution in [3.8, 4) is 0 Å². The van der Waals surface area contributed by atoms with Gasteiger partial charge in [0.05, 0.1) is 22.8 Å².